The van der Waals surface area contributed by atoms with E-state index in [1.54, 1.807) is 0 Å². The van der Waals surface area contributed by atoms with E-state index in [2.05, 4.69) is 10.3 Å². The quantitative estimate of drug-likeness (QED) is 0.889. The minimum Gasteiger partial charge on any atom is -0.477 e. The number of aromatic nitrogens is 1. The Morgan fingerprint density at radius 3 is 2.78 bits per heavy atom. The number of amides is 1. The highest BCUT2D eigenvalue weighted by molar-refractivity contribution is 6.32. The average molecular weight is 267 g/mol. The first-order chi connectivity index (χ1) is 8.58. The number of pyridine rings is 1. The fourth-order valence-electron chi connectivity index (χ4n) is 1.28. The Bertz CT molecular complexity index is 609. The minimum atomic E-state index is -1.17. The molecule has 1 amide bonds. The monoisotopic (exact) mass is 266 g/mol. The molecule has 2 heterocycles. The van der Waals surface area contributed by atoms with Crippen LogP contribution in [0.1, 0.15) is 20.8 Å². The van der Waals surface area contributed by atoms with E-state index in [-0.39, 0.29) is 16.5 Å². The topological polar surface area (TPSA) is 92.4 Å². The van der Waals surface area contributed by atoms with Crippen LogP contribution in [0.2, 0.25) is 5.22 Å². The summed E-state index contributed by atoms with van der Waals surface area (Å²) in [5, 5.41) is 11.2. The lowest BCUT2D eigenvalue weighted by Crippen LogP contribution is -2.12. The molecule has 0 aromatic carbocycles. The summed E-state index contributed by atoms with van der Waals surface area (Å²) in [6.07, 6.45) is 2.57. The molecule has 18 heavy (non-hydrogen) atoms. The first-order valence-electron chi connectivity index (χ1n) is 4.81. The van der Waals surface area contributed by atoms with E-state index < -0.39 is 11.9 Å². The van der Waals surface area contributed by atoms with Gasteiger partial charge in [0.2, 0.25) is 5.22 Å². The van der Waals surface area contributed by atoms with E-state index in [4.69, 9.17) is 21.1 Å². The second kappa shape index (κ2) is 4.89. The van der Waals surface area contributed by atoms with E-state index in [0.29, 0.717) is 5.69 Å². The predicted molar refractivity (Wildman–Crippen MR) is 62.9 cm³/mol. The van der Waals surface area contributed by atoms with Gasteiger partial charge >= 0.3 is 5.97 Å². The van der Waals surface area contributed by atoms with Gasteiger partial charge in [0.1, 0.15) is 5.69 Å². The number of hydrogen-bond acceptors (Lipinski definition) is 4. The van der Waals surface area contributed by atoms with Crippen LogP contribution >= 0.6 is 11.6 Å². The zero-order chi connectivity index (χ0) is 13.1. The van der Waals surface area contributed by atoms with Crippen molar-refractivity contribution < 1.29 is 19.1 Å². The number of rotatable bonds is 3. The summed E-state index contributed by atoms with van der Waals surface area (Å²) in [6.45, 7) is 0. The first kappa shape index (κ1) is 12.1. The molecule has 0 saturated heterocycles. The molecule has 0 aliphatic rings. The Balaban J connectivity index is 2.20. The molecule has 0 unspecified atom stereocenters. The molecule has 0 aliphatic heterocycles. The Kier molecular flexibility index (Phi) is 3.29. The fourth-order valence-corrected chi connectivity index (χ4v) is 1.48. The van der Waals surface area contributed by atoms with Gasteiger partial charge < -0.3 is 14.8 Å². The Labute approximate surface area is 106 Å². The molecule has 7 heteroatoms. The molecule has 2 N–H and O–H groups in total. The van der Waals surface area contributed by atoms with Crippen LogP contribution < -0.4 is 5.32 Å². The zero-order valence-corrected chi connectivity index (χ0v) is 9.64. The maximum absolute atomic E-state index is 11.8. The first-order valence-corrected chi connectivity index (χ1v) is 5.19. The second-order valence-electron chi connectivity index (χ2n) is 3.30. The minimum absolute atomic E-state index is 0.0278. The largest absolute Gasteiger partial charge is 0.477 e. The lowest BCUT2D eigenvalue weighted by Gasteiger charge is -2.04. The summed E-state index contributed by atoms with van der Waals surface area (Å²) in [6, 6.07) is 4.13. The summed E-state index contributed by atoms with van der Waals surface area (Å²) >= 11 is 5.65. The van der Waals surface area contributed by atoms with Crippen LogP contribution in [0.5, 0.6) is 0 Å². The molecule has 0 saturated carbocycles. The lowest BCUT2D eigenvalue weighted by atomic mass is 10.3. The third kappa shape index (κ3) is 2.49. The van der Waals surface area contributed by atoms with Gasteiger partial charge in [0.15, 0.2) is 0 Å². The van der Waals surface area contributed by atoms with Crippen LogP contribution in [-0.2, 0) is 0 Å². The van der Waals surface area contributed by atoms with Gasteiger partial charge in [-0.25, -0.2) is 9.78 Å². The SMILES string of the molecule is O=C(O)c1cc(NC(=O)c2ccoc2Cl)ccn1. The maximum Gasteiger partial charge on any atom is 0.354 e. The van der Waals surface area contributed by atoms with Crippen molar-refractivity contribution in [3.63, 3.8) is 0 Å². The molecule has 0 spiro atoms. The standard InChI is InChI=1S/C11H7ClN2O4/c12-9-7(2-4-18-9)10(15)14-6-1-3-13-8(5-6)11(16)17/h1-5H,(H,16,17)(H,13,14,15). The number of anilines is 1. The number of hydrogen-bond donors (Lipinski definition) is 2. The van der Waals surface area contributed by atoms with Crippen molar-refractivity contribution in [2.45, 2.75) is 0 Å². The second-order valence-corrected chi connectivity index (χ2v) is 3.64. The van der Waals surface area contributed by atoms with Crippen molar-refractivity contribution in [2.24, 2.45) is 0 Å². The molecule has 0 aliphatic carbocycles. The molecule has 0 radical (unpaired) electrons. The van der Waals surface area contributed by atoms with Gasteiger partial charge in [-0.3, -0.25) is 4.79 Å². The third-order valence-electron chi connectivity index (χ3n) is 2.10. The third-order valence-corrected chi connectivity index (χ3v) is 2.39. The average Bonchev–Trinajstić information content (AvgIpc) is 2.76. The van der Waals surface area contributed by atoms with E-state index in [1.807, 2.05) is 0 Å². The molecule has 2 aromatic heterocycles. The summed E-state index contributed by atoms with van der Waals surface area (Å²) in [5.74, 6) is -1.66. The van der Waals surface area contributed by atoms with Gasteiger partial charge in [-0.1, -0.05) is 0 Å². The highest BCUT2D eigenvalue weighted by atomic mass is 35.5. The number of carbonyl (C=O) groups excluding carboxylic acids is 1. The lowest BCUT2D eigenvalue weighted by molar-refractivity contribution is 0.0690. The van der Waals surface area contributed by atoms with Crippen molar-refractivity contribution in [1.29, 1.82) is 0 Å². The van der Waals surface area contributed by atoms with Crippen LogP contribution in [0, 0.1) is 0 Å². The predicted octanol–water partition coefficient (Wildman–Crippen LogP) is 2.28. The van der Waals surface area contributed by atoms with Gasteiger partial charge in [0.05, 0.1) is 11.8 Å². The van der Waals surface area contributed by atoms with Crippen LogP contribution in [0.4, 0.5) is 5.69 Å². The summed E-state index contributed by atoms with van der Waals surface area (Å²) in [4.78, 5) is 26.1. The number of furan rings is 1. The zero-order valence-electron chi connectivity index (χ0n) is 8.88. The highest BCUT2D eigenvalue weighted by Crippen LogP contribution is 2.18. The van der Waals surface area contributed by atoms with Gasteiger partial charge in [0, 0.05) is 11.9 Å². The van der Waals surface area contributed by atoms with Gasteiger partial charge in [0.25, 0.3) is 5.91 Å². The van der Waals surface area contributed by atoms with Gasteiger partial charge in [-0.2, -0.15) is 0 Å². The normalized spacial score (nSPS) is 10.1. The van der Waals surface area contributed by atoms with Crippen molar-refractivity contribution in [2.75, 3.05) is 5.32 Å². The van der Waals surface area contributed by atoms with E-state index in [0.717, 1.165) is 0 Å². The molecule has 6 nitrogen and oxygen atoms in total. The van der Waals surface area contributed by atoms with Crippen LogP contribution in [-0.4, -0.2) is 22.0 Å². The Morgan fingerprint density at radius 2 is 2.17 bits per heavy atom. The molecular formula is C11H7ClN2O4. The van der Waals surface area contributed by atoms with Crippen LogP contribution in [0.15, 0.2) is 35.1 Å². The van der Waals surface area contributed by atoms with Crippen LogP contribution in [0.3, 0.4) is 0 Å². The molecule has 2 aromatic rings. The highest BCUT2D eigenvalue weighted by Gasteiger charge is 2.14. The van der Waals surface area contributed by atoms with Crippen molar-refractivity contribution >= 4 is 29.2 Å². The number of carboxylic acid groups (broad SMARTS) is 1. The number of halogens is 1. The van der Waals surface area contributed by atoms with E-state index in [9.17, 15) is 9.59 Å². The molecule has 2 rings (SSSR count). The smallest absolute Gasteiger partial charge is 0.354 e. The molecular weight excluding hydrogens is 260 g/mol. The maximum atomic E-state index is 11.8. The molecule has 0 bridgehead atoms. The number of aromatic carboxylic acids is 1. The van der Waals surface area contributed by atoms with Gasteiger partial charge in [-0.05, 0) is 29.8 Å². The van der Waals surface area contributed by atoms with E-state index in [1.165, 1.54) is 30.7 Å². The summed E-state index contributed by atoms with van der Waals surface area (Å²) in [7, 11) is 0. The van der Waals surface area contributed by atoms with Crippen molar-refractivity contribution in [3.05, 3.63) is 47.1 Å². The molecule has 0 atom stereocenters. The fraction of sp³-hybridized carbons (Fsp3) is 0. The Morgan fingerprint density at radius 1 is 1.39 bits per heavy atom. The summed E-state index contributed by atoms with van der Waals surface area (Å²) in [5.41, 5.74) is 0.320. The van der Waals surface area contributed by atoms with E-state index >= 15 is 0 Å². The van der Waals surface area contributed by atoms with Crippen molar-refractivity contribution in [1.82, 2.24) is 4.98 Å². The molecule has 92 valence electrons. The molecule has 0 fully saturated rings. The van der Waals surface area contributed by atoms with Crippen LogP contribution in [0.25, 0.3) is 0 Å². The van der Waals surface area contributed by atoms with Crippen molar-refractivity contribution in [3.8, 4) is 0 Å². The van der Waals surface area contributed by atoms with Gasteiger partial charge in [-0.15, -0.1) is 0 Å². The number of carbonyl (C=O) groups is 2. The number of nitrogens with one attached hydrogen (secondary N) is 1. The number of carboxylic acids is 1. The number of nitrogens with zero attached hydrogens (tertiary/aromatic N) is 1. The summed E-state index contributed by atoms with van der Waals surface area (Å²) < 4.78 is 4.78. The Hall–Kier alpha value is -2.34.